The third-order valence-corrected chi connectivity index (χ3v) is 4.75. The number of hydrogen-bond acceptors (Lipinski definition) is 2. The lowest BCUT2D eigenvalue weighted by atomic mass is 9.70. The number of piperidine rings is 1. The van der Waals surface area contributed by atoms with Gasteiger partial charge in [0.25, 0.3) is 0 Å². The summed E-state index contributed by atoms with van der Waals surface area (Å²) in [6, 6.07) is 0.834. The Balaban J connectivity index is 1.79. The Bertz CT molecular complexity index is 263. The molecule has 3 fully saturated rings. The molecule has 0 amide bonds. The maximum absolute atomic E-state index is 14.8. The summed E-state index contributed by atoms with van der Waals surface area (Å²) < 4.78 is 20.3. The minimum atomic E-state index is -0.984. The van der Waals surface area contributed by atoms with E-state index in [2.05, 4.69) is 5.32 Å². The first-order chi connectivity index (χ1) is 7.67. The molecule has 0 spiro atoms. The number of ether oxygens (including phenoxy) is 1. The number of hydrogen-bond donors (Lipinski definition) is 1. The quantitative estimate of drug-likeness (QED) is 0.742. The molecule has 3 heteroatoms. The van der Waals surface area contributed by atoms with E-state index in [-0.39, 0.29) is 5.92 Å². The van der Waals surface area contributed by atoms with Crippen LogP contribution in [0.15, 0.2) is 0 Å². The van der Waals surface area contributed by atoms with Crippen molar-refractivity contribution in [3.05, 3.63) is 0 Å². The molecule has 3 heterocycles. The van der Waals surface area contributed by atoms with E-state index < -0.39 is 5.67 Å². The van der Waals surface area contributed by atoms with E-state index in [1.165, 1.54) is 0 Å². The van der Waals surface area contributed by atoms with E-state index in [1.807, 2.05) is 6.92 Å². The zero-order valence-electron chi connectivity index (χ0n) is 10.0. The number of alkyl halides is 1. The van der Waals surface area contributed by atoms with Crippen molar-refractivity contribution in [2.75, 3.05) is 13.2 Å². The second kappa shape index (κ2) is 3.95. The van der Waals surface area contributed by atoms with Gasteiger partial charge in [-0.2, -0.15) is 0 Å². The van der Waals surface area contributed by atoms with Crippen LogP contribution in [0.5, 0.6) is 0 Å². The van der Waals surface area contributed by atoms with Gasteiger partial charge < -0.3 is 10.1 Å². The molecule has 3 aliphatic rings. The molecule has 2 bridgehead atoms. The lowest BCUT2D eigenvalue weighted by Crippen LogP contribution is -2.56. The van der Waals surface area contributed by atoms with Gasteiger partial charge >= 0.3 is 0 Å². The molecular formula is C13H22FNO. The van der Waals surface area contributed by atoms with Crippen molar-refractivity contribution >= 4 is 0 Å². The van der Waals surface area contributed by atoms with Gasteiger partial charge in [0.05, 0.1) is 0 Å². The Hall–Kier alpha value is -0.150. The van der Waals surface area contributed by atoms with Gasteiger partial charge in [0.2, 0.25) is 0 Å². The fourth-order valence-corrected chi connectivity index (χ4v) is 4.20. The van der Waals surface area contributed by atoms with Crippen molar-refractivity contribution in [3.8, 4) is 0 Å². The molecule has 0 aromatic heterocycles. The molecular weight excluding hydrogens is 205 g/mol. The molecule has 5 unspecified atom stereocenters. The second-order valence-corrected chi connectivity index (χ2v) is 6.03. The highest BCUT2D eigenvalue weighted by molar-refractivity contribution is 5.06. The summed E-state index contributed by atoms with van der Waals surface area (Å²) in [5.74, 6) is 0.604. The third kappa shape index (κ3) is 1.78. The molecule has 0 saturated carbocycles. The minimum Gasteiger partial charge on any atom is -0.381 e. The van der Waals surface area contributed by atoms with Gasteiger partial charge in [0.1, 0.15) is 5.67 Å². The van der Waals surface area contributed by atoms with Crippen molar-refractivity contribution in [2.45, 2.75) is 56.8 Å². The van der Waals surface area contributed by atoms with E-state index in [9.17, 15) is 4.39 Å². The Morgan fingerprint density at radius 3 is 2.94 bits per heavy atom. The first-order valence-electron chi connectivity index (χ1n) is 6.69. The van der Waals surface area contributed by atoms with Gasteiger partial charge in [-0.15, -0.1) is 0 Å². The zero-order chi connectivity index (χ0) is 11.2. The molecule has 3 rings (SSSR count). The van der Waals surface area contributed by atoms with Crippen LogP contribution >= 0.6 is 0 Å². The number of halogens is 1. The topological polar surface area (TPSA) is 21.3 Å². The van der Waals surface area contributed by atoms with Crippen LogP contribution < -0.4 is 5.32 Å². The molecule has 3 saturated heterocycles. The van der Waals surface area contributed by atoms with Crippen molar-refractivity contribution < 1.29 is 9.13 Å². The highest BCUT2D eigenvalue weighted by Gasteiger charge is 2.52. The normalized spacial score (nSPS) is 52.9. The first kappa shape index (κ1) is 11.0. The smallest absolute Gasteiger partial charge is 0.114 e. The maximum Gasteiger partial charge on any atom is 0.114 e. The van der Waals surface area contributed by atoms with Crippen LogP contribution in [-0.2, 0) is 4.74 Å². The largest absolute Gasteiger partial charge is 0.381 e. The standard InChI is InChI=1S/C13H22FNO/c1-13(14)7-10-4-5-11(15-10)12(13)9-3-2-6-16-8-9/h9-12,15H,2-8H2,1H3. The summed E-state index contributed by atoms with van der Waals surface area (Å²) in [6.07, 6.45) is 5.27. The van der Waals surface area contributed by atoms with E-state index >= 15 is 0 Å². The van der Waals surface area contributed by atoms with Crippen LogP contribution in [0, 0.1) is 11.8 Å². The molecule has 2 nitrogen and oxygen atoms in total. The molecule has 0 aromatic carbocycles. The molecule has 0 aliphatic carbocycles. The van der Waals surface area contributed by atoms with Gasteiger partial charge in [-0.25, -0.2) is 4.39 Å². The molecule has 0 aromatic rings. The monoisotopic (exact) mass is 227 g/mol. The molecule has 0 radical (unpaired) electrons. The fraction of sp³-hybridized carbons (Fsp3) is 1.00. The Kier molecular flexibility index (Phi) is 2.71. The van der Waals surface area contributed by atoms with Crippen molar-refractivity contribution in [3.63, 3.8) is 0 Å². The SMILES string of the molecule is CC1(F)CC2CCC(N2)C1C1CCCOC1. The number of nitrogens with one attached hydrogen (secondary N) is 1. The predicted molar refractivity (Wildman–Crippen MR) is 61.1 cm³/mol. The summed E-state index contributed by atoms with van der Waals surface area (Å²) in [6.45, 7) is 3.46. The highest BCUT2D eigenvalue weighted by atomic mass is 19.1. The van der Waals surface area contributed by atoms with Crippen LogP contribution in [-0.4, -0.2) is 31.0 Å². The Morgan fingerprint density at radius 1 is 1.31 bits per heavy atom. The third-order valence-electron chi connectivity index (χ3n) is 4.75. The van der Waals surface area contributed by atoms with Crippen LogP contribution in [0.1, 0.15) is 39.0 Å². The average molecular weight is 227 g/mol. The maximum atomic E-state index is 14.8. The lowest BCUT2D eigenvalue weighted by Gasteiger charge is -2.45. The number of fused-ring (bicyclic) bond motifs is 2. The molecule has 5 atom stereocenters. The summed E-state index contributed by atoms with van der Waals surface area (Å²) >= 11 is 0. The van der Waals surface area contributed by atoms with Crippen molar-refractivity contribution in [1.82, 2.24) is 5.32 Å². The summed E-state index contributed by atoms with van der Waals surface area (Å²) in [4.78, 5) is 0. The van der Waals surface area contributed by atoms with Gasteiger partial charge in [-0.3, -0.25) is 0 Å². The molecule has 16 heavy (non-hydrogen) atoms. The van der Waals surface area contributed by atoms with Crippen LogP contribution in [0.4, 0.5) is 4.39 Å². The Morgan fingerprint density at radius 2 is 2.19 bits per heavy atom. The minimum absolute atomic E-state index is 0.173. The highest BCUT2D eigenvalue weighted by Crippen LogP contribution is 2.46. The number of rotatable bonds is 1. The van der Waals surface area contributed by atoms with Gasteiger partial charge in [0, 0.05) is 31.2 Å². The zero-order valence-corrected chi connectivity index (χ0v) is 10.0. The summed E-state index contributed by atoms with van der Waals surface area (Å²) in [5.41, 5.74) is -0.984. The van der Waals surface area contributed by atoms with Crippen LogP contribution in [0.3, 0.4) is 0 Å². The van der Waals surface area contributed by atoms with Crippen LogP contribution in [0.2, 0.25) is 0 Å². The van der Waals surface area contributed by atoms with Crippen molar-refractivity contribution in [2.24, 2.45) is 11.8 Å². The fourth-order valence-electron chi connectivity index (χ4n) is 4.20. The predicted octanol–water partition coefficient (Wildman–Crippen LogP) is 2.28. The van der Waals surface area contributed by atoms with Crippen LogP contribution in [0.25, 0.3) is 0 Å². The first-order valence-corrected chi connectivity index (χ1v) is 6.69. The van der Waals surface area contributed by atoms with Gasteiger partial charge in [-0.1, -0.05) is 0 Å². The van der Waals surface area contributed by atoms with E-state index in [0.29, 0.717) is 24.4 Å². The Labute approximate surface area is 96.9 Å². The van der Waals surface area contributed by atoms with E-state index in [0.717, 1.165) is 38.9 Å². The van der Waals surface area contributed by atoms with Crippen molar-refractivity contribution in [1.29, 1.82) is 0 Å². The lowest BCUT2D eigenvalue weighted by molar-refractivity contribution is -0.0510. The molecule has 3 aliphatic heterocycles. The van der Waals surface area contributed by atoms with E-state index in [4.69, 9.17) is 4.74 Å². The van der Waals surface area contributed by atoms with Gasteiger partial charge in [-0.05, 0) is 44.9 Å². The summed E-state index contributed by atoms with van der Waals surface area (Å²) in [7, 11) is 0. The second-order valence-electron chi connectivity index (χ2n) is 6.03. The van der Waals surface area contributed by atoms with E-state index in [1.54, 1.807) is 0 Å². The molecule has 92 valence electrons. The van der Waals surface area contributed by atoms with Gasteiger partial charge in [0.15, 0.2) is 0 Å². The summed E-state index contributed by atoms with van der Waals surface area (Å²) in [5, 5.41) is 3.60. The average Bonchev–Trinajstić information content (AvgIpc) is 2.62. The molecule has 1 N–H and O–H groups in total.